The van der Waals surface area contributed by atoms with Crippen LogP contribution < -0.4 is 10.2 Å². The van der Waals surface area contributed by atoms with E-state index < -0.39 is 0 Å². The minimum Gasteiger partial charge on any atom is -0.337 e. The van der Waals surface area contributed by atoms with E-state index in [0.717, 1.165) is 19.0 Å². The van der Waals surface area contributed by atoms with Crippen molar-refractivity contribution in [1.29, 1.82) is 0 Å². The molecule has 1 aliphatic rings. The molecule has 0 saturated carbocycles. The first-order valence-electron chi connectivity index (χ1n) is 6.35. The van der Waals surface area contributed by atoms with Crippen molar-refractivity contribution in [3.63, 3.8) is 0 Å². The Morgan fingerprint density at radius 2 is 2.06 bits per heavy atom. The molecule has 0 spiro atoms. The van der Waals surface area contributed by atoms with Crippen LogP contribution in [0, 0.1) is 0 Å². The summed E-state index contributed by atoms with van der Waals surface area (Å²) < 4.78 is 0. The number of nitrogens with zero attached hydrogens (tertiary/aromatic N) is 3. The number of hydrogen-bond acceptors (Lipinski definition) is 4. The molecule has 1 unspecified atom stereocenters. The second-order valence-corrected chi connectivity index (χ2v) is 5.67. The van der Waals surface area contributed by atoms with Crippen LogP contribution in [0.3, 0.4) is 0 Å². The summed E-state index contributed by atoms with van der Waals surface area (Å²) in [6.45, 7) is 8.67. The lowest BCUT2D eigenvalue weighted by Crippen LogP contribution is -2.45. The fourth-order valence-corrected chi connectivity index (χ4v) is 2.17. The molecule has 17 heavy (non-hydrogen) atoms. The van der Waals surface area contributed by atoms with Gasteiger partial charge in [-0.3, -0.25) is 0 Å². The third-order valence-electron chi connectivity index (χ3n) is 3.05. The van der Waals surface area contributed by atoms with Crippen molar-refractivity contribution in [2.45, 2.75) is 45.2 Å². The SMILES string of the molecule is CC(C)(C)NCC1CCCN1c1ncccn1. The third-order valence-corrected chi connectivity index (χ3v) is 3.05. The highest BCUT2D eigenvalue weighted by Gasteiger charge is 2.27. The van der Waals surface area contributed by atoms with Crippen molar-refractivity contribution in [3.8, 4) is 0 Å². The fraction of sp³-hybridized carbons (Fsp3) is 0.692. The van der Waals surface area contributed by atoms with Crippen LogP contribution in [0.4, 0.5) is 5.95 Å². The largest absolute Gasteiger partial charge is 0.337 e. The molecule has 1 atom stereocenters. The molecule has 0 radical (unpaired) electrons. The van der Waals surface area contributed by atoms with Gasteiger partial charge in [-0.2, -0.15) is 0 Å². The van der Waals surface area contributed by atoms with Gasteiger partial charge >= 0.3 is 0 Å². The lowest BCUT2D eigenvalue weighted by atomic mass is 10.1. The van der Waals surface area contributed by atoms with Crippen LogP contribution in [0.1, 0.15) is 33.6 Å². The van der Waals surface area contributed by atoms with E-state index in [9.17, 15) is 0 Å². The number of hydrogen-bond donors (Lipinski definition) is 1. The molecule has 1 aromatic heterocycles. The number of nitrogens with one attached hydrogen (secondary N) is 1. The van der Waals surface area contributed by atoms with Crippen molar-refractivity contribution < 1.29 is 0 Å². The highest BCUT2D eigenvalue weighted by molar-refractivity contribution is 5.32. The van der Waals surface area contributed by atoms with Crippen LogP contribution in [-0.4, -0.2) is 34.6 Å². The van der Waals surface area contributed by atoms with E-state index in [4.69, 9.17) is 0 Å². The summed E-state index contributed by atoms with van der Waals surface area (Å²) in [6.07, 6.45) is 6.08. The second kappa shape index (κ2) is 5.00. The number of anilines is 1. The molecule has 1 aromatic rings. The van der Waals surface area contributed by atoms with Gasteiger partial charge in [-0.25, -0.2) is 9.97 Å². The maximum atomic E-state index is 4.34. The first-order valence-corrected chi connectivity index (χ1v) is 6.35. The van der Waals surface area contributed by atoms with Gasteiger partial charge in [0.15, 0.2) is 0 Å². The Kier molecular flexibility index (Phi) is 3.62. The van der Waals surface area contributed by atoms with Crippen LogP contribution in [0.15, 0.2) is 18.5 Å². The third kappa shape index (κ3) is 3.40. The Bertz CT molecular complexity index is 344. The Balaban J connectivity index is 1.98. The van der Waals surface area contributed by atoms with Gasteiger partial charge in [0, 0.05) is 37.1 Å². The molecule has 1 fully saturated rings. The Morgan fingerprint density at radius 3 is 2.71 bits per heavy atom. The van der Waals surface area contributed by atoms with Crippen molar-refractivity contribution in [3.05, 3.63) is 18.5 Å². The molecule has 2 rings (SSSR count). The fourth-order valence-electron chi connectivity index (χ4n) is 2.17. The number of rotatable bonds is 3. The van der Waals surface area contributed by atoms with Gasteiger partial charge in [-0.1, -0.05) is 0 Å². The number of aromatic nitrogens is 2. The summed E-state index contributed by atoms with van der Waals surface area (Å²) in [5, 5.41) is 3.57. The zero-order valence-corrected chi connectivity index (χ0v) is 11.0. The highest BCUT2D eigenvalue weighted by atomic mass is 15.3. The topological polar surface area (TPSA) is 41.0 Å². The van der Waals surface area contributed by atoms with Crippen molar-refractivity contribution in [2.75, 3.05) is 18.0 Å². The van der Waals surface area contributed by atoms with E-state index in [1.54, 1.807) is 0 Å². The van der Waals surface area contributed by atoms with Crippen molar-refractivity contribution in [2.24, 2.45) is 0 Å². The predicted molar refractivity (Wildman–Crippen MR) is 70.2 cm³/mol. The minimum atomic E-state index is 0.172. The maximum Gasteiger partial charge on any atom is 0.225 e. The van der Waals surface area contributed by atoms with E-state index >= 15 is 0 Å². The van der Waals surface area contributed by atoms with Crippen LogP contribution in [0.5, 0.6) is 0 Å². The zero-order chi connectivity index (χ0) is 12.3. The first-order chi connectivity index (χ1) is 8.06. The standard InChI is InChI=1S/C13H22N4/c1-13(2,3)16-10-11-6-4-9-17(11)12-14-7-5-8-15-12/h5,7-8,11,16H,4,6,9-10H2,1-3H3. The zero-order valence-electron chi connectivity index (χ0n) is 11.0. The van der Waals surface area contributed by atoms with Crippen LogP contribution in [0.2, 0.25) is 0 Å². The van der Waals surface area contributed by atoms with Crippen LogP contribution in [-0.2, 0) is 0 Å². The molecule has 0 aromatic carbocycles. The highest BCUT2D eigenvalue weighted by Crippen LogP contribution is 2.21. The van der Waals surface area contributed by atoms with Gasteiger partial charge in [0.1, 0.15) is 0 Å². The van der Waals surface area contributed by atoms with E-state index in [2.05, 4.69) is 41.0 Å². The summed E-state index contributed by atoms with van der Waals surface area (Å²) in [6, 6.07) is 2.39. The summed E-state index contributed by atoms with van der Waals surface area (Å²) in [7, 11) is 0. The van der Waals surface area contributed by atoms with Crippen LogP contribution in [0.25, 0.3) is 0 Å². The van der Waals surface area contributed by atoms with Gasteiger partial charge in [0.05, 0.1) is 0 Å². The van der Waals surface area contributed by atoms with E-state index in [0.29, 0.717) is 6.04 Å². The molecular formula is C13H22N4. The van der Waals surface area contributed by atoms with Gasteiger partial charge in [0.25, 0.3) is 0 Å². The minimum absolute atomic E-state index is 0.172. The van der Waals surface area contributed by atoms with Gasteiger partial charge in [0.2, 0.25) is 5.95 Å². The second-order valence-electron chi connectivity index (χ2n) is 5.67. The van der Waals surface area contributed by atoms with E-state index in [-0.39, 0.29) is 5.54 Å². The van der Waals surface area contributed by atoms with Gasteiger partial charge < -0.3 is 10.2 Å². The van der Waals surface area contributed by atoms with E-state index in [1.165, 1.54) is 12.8 Å². The van der Waals surface area contributed by atoms with Crippen LogP contribution >= 0.6 is 0 Å². The van der Waals surface area contributed by atoms with Gasteiger partial charge in [-0.15, -0.1) is 0 Å². The molecule has 4 heteroatoms. The maximum absolute atomic E-state index is 4.34. The van der Waals surface area contributed by atoms with Crippen molar-refractivity contribution in [1.82, 2.24) is 15.3 Å². The molecule has 1 N–H and O–H groups in total. The molecule has 1 saturated heterocycles. The quantitative estimate of drug-likeness (QED) is 0.866. The smallest absolute Gasteiger partial charge is 0.225 e. The summed E-state index contributed by atoms with van der Waals surface area (Å²) in [4.78, 5) is 11.0. The Morgan fingerprint density at radius 1 is 1.35 bits per heavy atom. The predicted octanol–water partition coefficient (Wildman–Crippen LogP) is 1.83. The first kappa shape index (κ1) is 12.3. The Hall–Kier alpha value is -1.16. The van der Waals surface area contributed by atoms with Gasteiger partial charge in [-0.05, 0) is 39.7 Å². The Labute approximate surface area is 103 Å². The lowest BCUT2D eigenvalue weighted by Gasteiger charge is -2.28. The summed E-state index contributed by atoms with van der Waals surface area (Å²) >= 11 is 0. The summed E-state index contributed by atoms with van der Waals surface area (Å²) in [5.74, 6) is 0.866. The molecule has 1 aliphatic heterocycles. The average Bonchev–Trinajstić information content (AvgIpc) is 2.75. The molecule has 94 valence electrons. The molecule has 0 aliphatic carbocycles. The molecule has 2 heterocycles. The molecule has 4 nitrogen and oxygen atoms in total. The normalized spacial score (nSPS) is 20.9. The summed E-state index contributed by atoms with van der Waals surface area (Å²) in [5.41, 5.74) is 0.172. The molecule has 0 bridgehead atoms. The average molecular weight is 234 g/mol. The van der Waals surface area contributed by atoms with E-state index in [1.807, 2.05) is 18.5 Å². The molecule has 0 amide bonds. The van der Waals surface area contributed by atoms with Crippen molar-refractivity contribution >= 4 is 5.95 Å². The lowest BCUT2D eigenvalue weighted by molar-refractivity contribution is 0.404. The monoisotopic (exact) mass is 234 g/mol. The molecular weight excluding hydrogens is 212 g/mol.